The first-order valence-electron chi connectivity index (χ1n) is 6.35. The van der Waals surface area contributed by atoms with E-state index in [1.165, 1.54) is 36.0 Å². The van der Waals surface area contributed by atoms with E-state index in [1.54, 1.807) is 24.3 Å². The van der Waals surface area contributed by atoms with Gasteiger partial charge in [0.15, 0.2) is 0 Å². The zero-order chi connectivity index (χ0) is 16.9. The molecular formula is C14H13FNO4PS2. The van der Waals surface area contributed by atoms with Crippen molar-refractivity contribution in [2.45, 2.75) is 5.75 Å². The normalized spacial score (nSPS) is 11.1. The Kier molecular flexibility index (Phi) is 6.15. The lowest BCUT2D eigenvalue weighted by Gasteiger charge is -2.09. The van der Waals surface area contributed by atoms with E-state index in [0.29, 0.717) is 15.8 Å². The number of thiocarbonyl (C=S) groups is 1. The minimum atomic E-state index is -4.54. The van der Waals surface area contributed by atoms with Gasteiger partial charge in [0.2, 0.25) is 0 Å². The van der Waals surface area contributed by atoms with Crippen molar-refractivity contribution in [3.8, 4) is 5.75 Å². The molecule has 0 atom stereocenters. The van der Waals surface area contributed by atoms with Crippen LogP contribution in [0.5, 0.6) is 5.75 Å². The van der Waals surface area contributed by atoms with Gasteiger partial charge in [-0.25, -0.2) is 8.96 Å². The third-order valence-electron chi connectivity index (χ3n) is 2.61. The summed E-state index contributed by atoms with van der Waals surface area (Å²) in [7, 11) is -4.54. The number of thioether (sulfide) groups is 1. The average molecular weight is 373 g/mol. The molecule has 9 heteroatoms. The quantitative estimate of drug-likeness (QED) is 0.541. The molecule has 0 amide bonds. The van der Waals surface area contributed by atoms with Gasteiger partial charge in [0.25, 0.3) is 0 Å². The van der Waals surface area contributed by atoms with Gasteiger partial charge in [-0.1, -0.05) is 36.1 Å². The van der Waals surface area contributed by atoms with Crippen molar-refractivity contribution in [3.05, 3.63) is 59.9 Å². The van der Waals surface area contributed by atoms with Crippen LogP contribution in [0.2, 0.25) is 0 Å². The molecule has 3 N–H and O–H groups in total. The summed E-state index contributed by atoms with van der Waals surface area (Å²) >= 11 is 6.58. The highest BCUT2D eigenvalue weighted by molar-refractivity contribution is 8.22. The van der Waals surface area contributed by atoms with Crippen LogP contribution in [0, 0.1) is 5.82 Å². The lowest BCUT2D eigenvalue weighted by atomic mass is 10.2. The molecule has 2 aromatic carbocycles. The Hall–Kier alpha value is -1.44. The highest BCUT2D eigenvalue weighted by Crippen LogP contribution is 2.37. The third kappa shape index (κ3) is 6.68. The van der Waals surface area contributed by atoms with E-state index in [1.807, 2.05) is 0 Å². The van der Waals surface area contributed by atoms with Crippen molar-refractivity contribution in [1.29, 1.82) is 0 Å². The largest absolute Gasteiger partial charge is 0.524 e. The smallest absolute Gasteiger partial charge is 0.404 e. The van der Waals surface area contributed by atoms with Crippen LogP contribution in [-0.4, -0.2) is 14.1 Å². The van der Waals surface area contributed by atoms with Crippen LogP contribution >= 0.6 is 31.8 Å². The maximum atomic E-state index is 12.8. The number of nitrogens with one attached hydrogen (secondary N) is 1. The topological polar surface area (TPSA) is 78.8 Å². The first kappa shape index (κ1) is 17.9. The summed E-state index contributed by atoms with van der Waals surface area (Å²) in [5.74, 6) is 0.356. The van der Waals surface area contributed by atoms with Gasteiger partial charge >= 0.3 is 7.82 Å². The molecule has 0 aliphatic rings. The molecule has 5 nitrogen and oxygen atoms in total. The molecule has 0 aromatic heterocycles. The van der Waals surface area contributed by atoms with Crippen LogP contribution in [0.25, 0.3) is 0 Å². The first-order chi connectivity index (χ1) is 10.8. The van der Waals surface area contributed by atoms with Gasteiger partial charge in [-0.3, -0.25) is 9.79 Å². The van der Waals surface area contributed by atoms with Crippen LogP contribution in [0.1, 0.15) is 5.56 Å². The van der Waals surface area contributed by atoms with Crippen molar-refractivity contribution in [2.24, 2.45) is 0 Å². The number of hydrogen-bond acceptors (Lipinski definition) is 4. The second-order valence-corrected chi connectivity index (χ2v) is 7.25. The lowest BCUT2D eigenvalue weighted by Crippen LogP contribution is -2.04. The van der Waals surface area contributed by atoms with E-state index in [-0.39, 0.29) is 11.6 Å². The monoisotopic (exact) mass is 373 g/mol. The fourth-order valence-corrected chi connectivity index (χ4v) is 2.99. The third-order valence-corrected chi connectivity index (χ3v) is 4.35. The van der Waals surface area contributed by atoms with Crippen molar-refractivity contribution in [2.75, 3.05) is 5.32 Å². The lowest BCUT2D eigenvalue weighted by molar-refractivity contribution is 0.283. The highest BCUT2D eigenvalue weighted by Gasteiger charge is 2.15. The number of anilines is 1. The molecule has 0 heterocycles. The molecule has 0 fully saturated rings. The van der Waals surface area contributed by atoms with Crippen LogP contribution in [-0.2, 0) is 10.3 Å². The Morgan fingerprint density at radius 1 is 1.17 bits per heavy atom. The van der Waals surface area contributed by atoms with Crippen molar-refractivity contribution in [1.82, 2.24) is 0 Å². The second kappa shape index (κ2) is 7.90. The standard InChI is InChI=1S/C14H13FNO4PS2/c15-11-3-5-12(6-4-11)16-14(22)23-9-10-1-7-13(8-2-10)20-21(17,18)19/h1-8H,9H2,(H,16,22)(H2,17,18,19). The zero-order valence-corrected chi connectivity index (χ0v) is 14.2. The molecule has 2 rings (SSSR count). The molecule has 122 valence electrons. The number of halogens is 1. The number of phosphoric acid groups is 1. The minimum Gasteiger partial charge on any atom is -0.404 e. The molecule has 0 bridgehead atoms. The van der Waals surface area contributed by atoms with Gasteiger partial charge in [0, 0.05) is 11.4 Å². The van der Waals surface area contributed by atoms with Crippen LogP contribution in [0.15, 0.2) is 48.5 Å². The van der Waals surface area contributed by atoms with E-state index in [0.717, 1.165) is 5.56 Å². The molecule has 0 aliphatic heterocycles. The first-order valence-corrected chi connectivity index (χ1v) is 9.28. The van der Waals surface area contributed by atoms with Gasteiger partial charge in [0.1, 0.15) is 15.9 Å². The Balaban J connectivity index is 1.84. The van der Waals surface area contributed by atoms with E-state index >= 15 is 0 Å². The molecule has 0 aliphatic carbocycles. The zero-order valence-electron chi connectivity index (χ0n) is 11.7. The van der Waals surface area contributed by atoms with Crippen LogP contribution in [0.4, 0.5) is 10.1 Å². The van der Waals surface area contributed by atoms with E-state index < -0.39 is 7.82 Å². The second-order valence-electron chi connectivity index (χ2n) is 4.43. The number of hydrogen-bond donors (Lipinski definition) is 3. The maximum absolute atomic E-state index is 12.8. The van der Waals surface area contributed by atoms with E-state index in [4.69, 9.17) is 22.0 Å². The predicted molar refractivity (Wildman–Crippen MR) is 93.0 cm³/mol. The summed E-state index contributed by atoms with van der Waals surface area (Å²) in [6.45, 7) is 0. The molecule has 0 saturated heterocycles. The number of phosphoric ester groups is 1. The van der Waals surface area contributed by atoms with Crippen molar-refractivity contribution < 1.29 is 23.3 Å². The Morgan fingerprint density at radius 3 is 2.35 bits per heavy atom. The summed E-state index contributed by atoms with van der Waals surface area (Å²) < 4.78 is 28.5. The molecule has 0 saturated carbocycles. The SMILES string of the molecule is O=P(O)(O)Oc1ccc(CSC(=S)Nc2ccc(F)cc2)cc1. The summed E-state index contributed by atoms with van der Waals surface area (Å²) in [6, 6.07) is 12.2. The molecule has 23 heavy (non-hydrogen) atoms. The summed E-state index contributed by atoms with van der Waals surface area (Å²) in [5.41, 5.74) is 1.62. The van der Waals surface area contributed by atoms with Gasteiger partial charge in [-0.05, 0) is 42.0 Å². The minimum absolute atomic E-state index is 0.0964. The molecular weight excluding hydrogens is 360 g/mol. The maximum Gasteiger partial charge on any atom is 0.524 e. The van der Waals surface area contributed by atoms with Gasteiger partial charge in [-0.2, -0.15) is 0 Å². The molecule has 0 unspecified atom stereocenters. The summed E-state index contributed by atoms with van der Waals surface area (Å²) in [6.07, 6.45) is 0. The average Bonchev–Trinajstić information content (AvgIpc) is 2.47. The summed E-state index contributed by atoms with van der Waals surface area (Å²) in [4.78, 5) is 17.4. The van der Waals surface area contributed by atoms with Crippen molar-refractivity contribution >= 4 is 41.8 Å². The number of rotatable bonds is 5. The predicted octanol–water partition coefficient (Wildman–Crippen LogP) is 3.93. The van der Waals surface area contributed by atoms with Gasteiger partial charge in [0.05, 0.1) is 0 Å². The van der Waals surface area contributed by atoms with Crippen LogP contribution < -0.4 is 9.84 Å². The molecule has 0 spiro atoms. The van der Waals surface area contributed by atoms with Crippen molar-refractivity contribution in [3.63, 3.8) is 0 Å². The van der Waals surface area contributed by atoms with Crippen LogP contribution in [0.3, 0.4) is 0 Å². The Labute approximate surface area is 142 Å². The Bertz CT molecular complexity index is 719. The fraction of sp³-hybridized carbons (Fsp3) is 0.0714. The van der Waals surface area contributed by atoms with E-state index in [2.05, 4.69) is 9.84 Å². The van der Waals surface area contributed by atoms with Gasteiger partial charge in [-0.15, -0.1) is 0 Å². The highest BCUT2D eigenvalue weighted by atomic mass is 32.2. The van der Waals surface area contributed by atoms with E-state index in [9.17, 15) is 8.96 Å². The number of benzene rings is 2. The summed E-state index contributed by atoms with van der Waals surface area (Å²) in [5, 5.41) is 2.98. The Morgan fingerprint density at radius 2 is 1.78 bits per heavy atom. The fourth-order valence-electron chi connectivity index (χ4n) is 1.62. The molecule has 0 radical (unpaired) electrons. The van der Waals surface area contributed by atoms with Gasteiger partial charge < -0.3 is 9.84 Å². The molecule has 2 aromatic rings.